The fourth-order valence-corrected chi connectivity index (χ4v) is 2.73. The van der Waals surface area contributed by atoms with Crippen LogP contribution in [0.3, 0.4) is 0 Å². The van der Waals surface area contributed by atoms with Crippen LogP contribution in [0.15, 0.2) is 66.9 Å². The molecule has 0 saturated heterocycles. The molecule has 0 saturated carbocycles. The summed E-state index contributed by atoms with van der Waals surface area (Å²) in [5, 5.41) is 14.5. The van der Waals surface area contributed by atoms with Gasteiger partial charge in [-0.1, -0.05) is 36.4 Å². The van der Waals surface area contributed by atoms with Gasteiger partial charge in [0.15, 0.2) is 6.61 Å². The van der Waals surface area contributed by atoms with Crippen LogP contribution >= 0.6 is 0 Å². The third-order valence-electron chi connectivity index (χ3n) is 4.16. The summed E-state index contributed by atoms with van der Waals surface area (Å²) in [5.74, 6) is 0.373. The van der Waals surface area contributed by atoms with E-state index in [1.807, 2.05) is 60.7 Å². The monoisotopic (exact) mass is 350 g/mol. The number of nitrogens with one attached hydrogen (secondary N) is 1. The van der Waals surface area contributed by atoms with Crippen molar-refractivity contribution in [2.24, 2.45) is 5.92 Å². The van der Waals surface area contributed by atoms with E-state index in [0.29, 0.717) is 18.7 Å². The molecule has 0 radical (unpaired) electrons. The molecule has 0 aliphatic heterocycles. The fraction of sp³-hybridized carbons (Fsp3) is 0.238. The van der Waals surface area contributed by atoms with Gasteiger partial charge in [0, 0.05) is 31.0 Å². The normalized spacial score (nSPS) is 11.9. The second-order valence-electron chi connectivity index (χ2n) is 6.18. The summed E-state index contributed by atoms with van der Waals surface area (Å²) in [7, 11) is 0. The second-order valence-corrected chi connectivity index (χ2v) is 6.18. The predicted molar refractivity (Wildman–Crippen MR) is 101 cm³/mol. The Balaban J connectivity index is 1.46. The molecule has 1 unspecified atom stereocenters. The Morgan fingerprint density at radius 3 is 2.65 bits per heavy atom. The summed E-state index contributed by atoms with van der Waals surface area (Å²) in [6.07, 6.45) is 2.34. The number of nitrogens with zero attached hydrogens (tertiary/aromatic N) is 1. The lowest BCUT2D eigenvalue weighted by Gasteiger charge is -2.15. The minimum Gasteiger partial charge on any atom is -0.484 e. The molecule has 26 heavy (non-hydrogen) atoms. The zero-order valence-corrected chi connectivity index (χ0v) is 14.5. The molecule has 1 heterocycles. The van der Waals surface area contributed by atoms with Crippen LogP contribution in [-0.2, 0) is 11.2 Å². The smallest absolute Gasteiger partial charge is 0.257 e. The van der Waals surface area contributed by atoms with Crippen LogP contribution in [-0.4, -0.2) is 35.8 Å². The Labute approximate surface area is 152 Å². The van der Waals surface area contributed by atoms with E-state index in [-0.39, 0.29) is 25.0 Å². The predicted octanol–water partition coefficient (Wildman–Crippen LogP) is 2.58. The van der Waals surface area contributed by atoms with Gasteiger partial charge in [-0.15, -0.1) is 0 Å². The number of ether oxygens (including phenoxy) is 1. The number of aliphatic hydroxyl groups is 1. The van der Waals surface area contributed by atoms with Crippen molar-refractivity contribution < 1.29 is 14.6 Å². The standard InChI is InChI=1S/C21H22N2O3/c24-14-16(11-19-7-3-4-10-22-19)13-23-21(25)15-26-20-9-8-17-5-1-2-6-18(17)12-20/h1-10,12,16,24H,11,13-15H2,(H,23,25). The maximum Gasteiger partial charge on any atom is 0.257 e. The molecule has 2 aromatic carbocycles. The van der Waals surface area contributed by atoms with Gasteiger partial charge in [0.05, 0.1) is 0 Å². The molecule has 1 aromatic heterocycles. The summed E-state index contributed by atoms with van der Waals surface area (Å²) < 4.78 is 5.57. The van der Waals surface area contributed by atoms with E-state index < -0.39 is 0 Å². The summed E-state index contributed by atoms with van der Waals surface area (Å²) in [6.45, 7) is 0.315. The number of carbonyl (C=O) groups excluding carboxylic acids is 1. The number of aliphatic hydroxyl groups excluding tert-OH is 1. The lowest BCUT2D eigenvalue weighted by atomic mass is 10.0. The minimum atomic E-state index is -0.211. The number of rotatable bonds is 8. The molecule has 134 valence electrons. The highest BCUT2D eigenvalue weighted by Gasteiger charge is 2.11. The van der Waals surface area contributed by atoms with E-state index in [9.17, 15) is 9.90 Å². The van der Waals surface area contributed by atoms with E-state index in [1.165, 1.54) is 0 Å². The van der Waals surface area contributed by atoms with Crippen LogP contribution < -0.4 is 10.1 Å². The molecular formula is C21H22N2O3. The zero-order valence-electron chi connectivity index (χ0n) is 14.5. The van der Waals surface area contributed by atoms with Gasteiger partial charge in [0.1, 0.15) is 5.75 Å². The average Bonchev–Trinajstić information content (AvgIpc) is 2.70. The molecule has 3 aromatic rings. The van der Waals surface area contributed by atoms with E-state index in [1.54, 1.807) is 6.20 Å². The van der Waals surface area contributed by atoms with Crippen molar-refractivity contribution in [1.29, 1.82) is 0 Å². The van der Waals surface area contributed by atoms with Crippen LogP contribution in [0.25, 0.3) is 10.8 Å². The number of amides is 1. The Morgan fingerprint density at radius 2 is 1.88 bits per heavy atom. The molecule has 1 amide bonds. The third kappa shape index (κ3) is 5.04. The third-order valence-corrected chi connectivity index (χ3v) is 4.16. The number of aromatic nitrogens is 1. The van der Waals surface area contributed by atoms with Crippen LogP contribution in [0.5, 0.6) is 5.75 Å². The Morgan fingerprint density at radius 1 is 1.08 bits per heavy atom. The first-order valence-corrected chi connectivity index (χ1v) is 8.63. The Hall–Kier alpha value is -2.92. The average molecular weight is 350 g/mol. The largest absolute Gasteiger partial charge is 0.484 e. The van der Waals surface area contributed by atoms with Crippen molar-refractivity contribution in [3.8, 4) is 5.75 Å². The lowest BCUT2D eigenvalue weighted by Crippen LogP contribution is -2.35. The van der Waals surface area contributed by atoms with Crippen molar-refractivity contribution in [3.63, 3.8) is 0 Å². The molecule has 5 nitrogen and oxygen atoms in total. The molecule has 0 aliphatic carbocycles. The molecule has 3 rings (SSSR count). The van der Waals surface area contributed by atoms with Crippen molar-refractivity contribution >= 4 is 16.7 Å². The fourth-order valence-electron chi connectivity index (χ4n) is 2.73. The number of fused-ring (bicyclic) bond motifs is 1. The number of carbonyl (C=O) groups is 1. The SMILES string of the molecule is O=C(COc1ccc2ccccc2c1)NCC(CO)Cc1ccccn1. The molecule has 1 atom stereocenters. The van der Waals surface area contributed by atoms with Crippen LogP contribution in [0.4, 0.5) is 0 Å². The molecule has 0 fully saturated rings. The van der Waals surface area contributed by atoms with Gasteiger partial charge < -0.3 is 15.2 Å². The quantitative estimate of drug-likeness (QED) is 0.655. The summed E-state index contributed by atoms with van der Waals surface area (Å²) in [5.41, 5.74) is 0.896. The topological polar surface area (TPSA) is 71.5 Å². The van der Waals surface area contributed by atoms with Crippen molar-refractivity contribution in [1.82, 2.24) is 10.3 Å². The molecule has 2 N–H and O–H groups in total. The van der Waals surface area contributed by atoms with Gasteiger partial charge in [0.2, 0.25) is 0 Å². The summed E-state index contributed by atoms with van der Waals surface area (Å²) in [4.78, 5) is 16.3. The zero-order chi connectivity index (χ0) is 18.2. The molecule has 0 bridgehead atoms. The highest BCUT2D eigenvalue weighted by Crippen LogP contribution is 2.20. The van der Waals surface area contributed by atoms with Crippen molar-refractivity contribution in [2.75, 3.05) is 19.8 Å². The molecule has 0 aliphatic rings. The van der Waals surface area contributed by atoms with Crippen molar-refractivity contribution in [2.45, 2.75) is 6.42 Å². The highest BCUT2D eigenvalue weighted by molar-refractivity contribution is 5.84. The van der Waals surface area contributed by atoms with Crippen molar-refractivity contribution in [3.05, 3.63) is 72.6 Å². The first-order valence-electron chi connectivity index (χ1n) is 8.63. The molecular weight excluding hydrogens is 328 g/mol. The van der Waals surface area contributed by atoms with Crippen LogP contribution in [0.2, 0.25) is 0 Å². The number of benzene rings is 2. The summed E-state index contributed by atoms with van der Waals surface area (Å²) >= 11 is 0. The van der Waals surface area contributed by atoms with Crippen LogP contribution in [0, 0.1) is 5.92 Å². The molecule has 5 heteroatoms. The van der Waals surface area contributed by atoms with E-state index in [2.05, 4.69) is 10.3 Å². The highest BCUT2D eigenvalue weighted by atomic mass is 16.5. The van der Waals surface area contributed by atoms with E-state index >= 15 is 0 Å². The maximum absolute atomic E-state index is 12.0. The summed E-state index contributed by atoms with van der Waals surface area (Å²) in [6, 6.07) is 19.4. The number of hydrogen-bond acceptors (Lipinski definition) is 4. The first-order chi connectivity index (χ1) is 12.7. The van der Waals surface area contributed by atoms with Gasteiger partial charge >= 0.3 is 0 Å². The maximum atomic E-state index is 12.0. The number of pyridine rings is 1. The van der Waals surface area contributed by atoms with E-state index in [0.717, 1.165) is 16.5 Å². The Bertz CT molecular complexity index is 852. The van der Waals surface area contributed by atoms with Gasteiger partial charge in [0.25, 0.3) is 5.91 Å². The van der Waals surface area contributed by atoms with Crippen LogP contribution in [0.1, 0.15) is 5.69 Å². The van der Waals surface area contributed by atoms with Gasteiger partial charge in [-0.05, 0) is 41.5 Å². The van der Waals surface area contributed by atoms with E-state index in [4.69, 9.17) is 4.74 Å². The number of hydrogen-bond donors (Lipinski definition) is 2. The minimum absolute atomic E-state index is 0.0115. The van der Waals surface area contributed by atoms with Gasteiger partial charge in [-0.25, -0.2) is 0 Å². The van der Waals surface area contributed by atoms with Gasteiger partial charge in [-0.2, -0.15) is 0 Å². The first kappa shape index (κ1) is 17.9. The Kier molecular flexibility index (Phi) is 6.17. The molecule has 0 spiro atoms. The van der Waals surface area contributed by atoms with Gasteiger partial charge in [-0.3, -0.25) is 9.78 Å². The second kappa shape index (κ2) is 8.97. The lowest BCUT2D eigenvalue weighted by molar-refractivity contribution is -0.123.